The fourth-order valence-electron chi connectivity index (χ4n) is 3.39. The van der Waals surface area contributed by atoms with E-state index in [1.807, 2.05) is 18.5 Å². The Hall–Kier alpha value is -1.77. The van der Waals surface area contributed by atoms with E-state index in [1.165, 1.54) is 38.5 Å². The number of anilines is 1. The highest BCUT2D eigenvalue weighted by atomic mass is 15.2. The Morgan fingerprint density at radius 3 is 2.62 bits per heavy atom. The lowest BCUT2D eigenvalue weighted by Gasteiger charge is -2.29. The smallest absolute Gasteiger partial charge is 0.207 e. The summed E-state index contributed by atoms with van der Waals surface area (Å²) in [6.45, 7) is 2.29. The van der Waals surface area contributed by atoms with Gasteiger partial charge in [-0.25, -0.2) is 4.98 Å². The van der Waals surface area contributed by atoms with Crippen LogP contribution in [0.1, 0.15) is 45.4 Å². The fraction of sp³-hybridized carbons (Fsp3) is 0.500. The lowest BCUT2D eigenvalue weighted by atomic mass is 9.83. The molecule has 0 spiro atoms. The number of nitrogens with one attached hydrogen (secondary N) is 1. The molecule has 1 aromatic heterocycles. The number of hydrogen-bond donors (Lipinski definition) is 1. The van der Waals surface area contributed by atoms with Crippen LogP contribution in [0.3, 0.4) is 0 Å². The number of benzene rings is 1. The molecule has 0 bridgehead atoms. The second kappa shape index (κ2) is 6.79. The quantitative estimate of drug-likeness (QED) is 0.866. The van der Waals surface area contributed by atoms with E-state index in [4.69, 9.17) is 0 Å². The molecule has 1 fully saturated rings. The van der Waals surface area contributed by atoms with Gasteiger partial charge in [-0.3, -0.25) is 4.57 Å². The SMILES string of the molecule is CCCC1CCC(Nc2nccn2-c2ccccc2)CC1. The molecule has 2 aromatic rings. The maximum Gasteiger partial charge on any atom is 0.207 e. The first-order chi connectivity index (χ1) is 10.4. The fourth-order valence-corrected chi connectivity index (χ4v) is 3.39. The largest absolute Gasteiger partial charge is 0.353 e. The second-order valence-electron chi connectivity index (χ2n) is 6.11. The van der Waals surface area contributed by atoms with Crippen LogP contribution in [0, 0.1) is 5.92 Å². The van der Waals surface area contributed by atoms with Gasteiger partial charge in [-0.05, 0) is 43.7 Å². The van der Waals surface area contributed by atoms with Gasteiger partial charge in [0.05, 0.1) is 0 Å². The summed E-state index contributed by atoms with van der Waals surface area (Å²) in [5.41, 5.74) is 1.16. The van der Waals surface area contributed by atoms with Gasteiger partial charge < -0.3 is 5.32 Å². The van der Waals surface area contributed by atoms with Gasteiger partial charge in [0.25, 0.3) is 0 Å². The average Bonchev–Trinajstić information content (AvgIpc) is 2.98. The van der Waals surface area contributed by atoms with Gasteiger partial charge in [0, 0.05) is 24.1 Å². The predicted molar refractivity (Wildman–Crippen MR) is 87.8 cm³/mol. The Labute approximate surface area is 127 Å². The maximum absolute atomic E-state index is 4.49. The molecular weight excluding hydrogens is 258 g/mol. The molecule has 0 atom stereocenters. The average molecular weight is 283 g/mol. The van der Waals surface area contributed by atoms with Crippen LogP contribution < -0.4 is 5.32 Å². The molecule has 3 nitrogen and oxygen atoms in total. The molecule has 1 saturated carbocycles. The van der Waals surface area contributed by atoms with E-state index in [0.717, 1.165) is 17.6 Å². The second-order valence-corrected chi connectivity index (χ2v) is 6.11. The third kappa shape index (κ3) is 3.46. The van der Waals surface area contributed by atoms with Crippen molar-refractivity contribution in [2.75, 3.05) is 5.32 Å². The molecule has 1 aromatic carbocycles. The summed E-state index contributed by atoms with van der Waals surface area (Å²) in [4.78, 5) is 4.49. The highest BCUT2D eigenvalue weighted by Crippen LogP contribution is 2.29. The first-order valence-electron chi connectivity index (χ1n) is 8.22. The van der Waals surface area contributed by atoms with E-state index < -0.39 is 0 Å². The molecule has 0 amide bonds. The van der Waals surface area contributed by atoms with Crippen molar-refractivity contribution in [3.05, 3.63) is 42.7 Å². The van der Waals surface area contributed by atoms with E-state index in [9.17, 15) is 0 Å². The van der Waals surface area contributed by atoms with Gasteiger partial charge in [0.1, 0.15) is 0 Å². The van der Waals surface area contributed by atoms with Crippen molar-refractivity contribution < 1.29 is 0 Å². The van der Waals surface area contributed by atoms with Crippen molar-refractivity contribution in [1.29, 1.82) is 0 Å². The highest BCUT2D eigenvalue weighted by molar-refractivity contribution is 5.42. The van der Waals surface area contributed by atoms with Gasteiger partial charge in [-0.15, -0.1) is 0 Å². The monoisotopic (exact) mass is 283 g/mol. The maximum atomic E-state index is 4.49. The minimum Gasteiger partial charge on any atom is -0.353 e. The molecule has 112 valence electrons. The zero-order valence-electron chi connectivity index (χ0n) is 12.8. The van der Waals surface area contributed by atoms with Gasteiger partial charge in [-0.2, -0.15) is 0 Å². The summed E-state index contributed by atoms with van der Waals surface area (Å²) >= 11 is 0. The van der Waals surface area contributed by atoms with Crippen molar-refractivity contribution in [1.82, 2.24) is 9.55 Å². The molecule has 0 radical (unpaired) electrons. The molecule has 1 aliphatic carbocycles. The van der Waals surface area contributed by atoms with Crippen molar-refractivity contribution in [2.45, 2.75) is 51.5 Å². The highest BCUT2D eigenvalue weighted by Gasteiger charge is 2.21. The van der Waals surface area contributed by atoms with Gasteiger partial charge in [0.15, 0.2) is 0 Å². The topological polar surface area (TPSA) is 29.9 Å². The van der Waals surface area contributed by atoms with E-state index in [2.05, 4.69) is 46.1 Å². The zero-order valence-corrected chi connectivity index (χ0v) is 12.8. The van der Waals surface area contributed by atoms with E-state index in [0.29, 0.717) is 6.04 Å². The van der Waals surface area contributed by atoms with Crippen LogP contribution in [0.2, 0.25) is 0 Å². The standard InChI is InChI=1S/C18H25N3/c1-2-6-15-9-11-16(12-10-15)20-18-19-13-14-21(18)17-7-4-3-5-8-17/h3-5,7-8,13-16H,2,6,9-12H2,1H3,(H,19,20). The molecule has 1 aliphatic rings. The summed E-state index contributed by atoms with van der Waals surface area (Å²) < 4.78 is 2.14. The summed E-state index contributed by atoms with van der Waals surface area (Å²) in [5, 5.41) is 3.64. The summed E-state index contributed by atoms with van der Waals surface area (Å²) in [6, 6.07) is 11.0. The van der Waals surface area contributed by atoms with Crippen LogP contribution in [0.25, 0.3) is 5.69 Å². The zero-order chi connectivity index (χ0) is 14.5. The Morgan fingerprint density at radius 2 is 1.90 bits per heavy atom. The van der Waals surface area contributed by atoms with Gasteiger partial charge in [-0.1, -0.05) is 38.0 Å². The molecule has 21 heavy (non-hydrogen) atoms. The van der Waals surface area contributed by atoms with E-state index in [-0.39, 0.29) is 0 Å². The number of para-hydroxylation sites is 1. The van der Waals surface area contributed by atoms with Gasteiger partial charge >= 0.3 is 0 Å². The van der Waals surface area contributed by atoms with Gasteiger partial charge in [0.2, 0.25) is 5.95 Å². The first-order valence-corrected chi connectivity index (χ1v) is 8.22. The molecule has 3 rings (SSSR count). The van der Waals surface area contributed by atoms with E-state index in [1.54, 1.807) is 0 Å². The van der Waals surface area contributed by atoms with Crippen LogP contribution in [-0.2, 0) is 0 Å². The Morgan fingerprint density at radius 1 is 1.14 bits per heavy atom. The number of rotatable bonds is 5. The lowest BCUT2D eigenvalue weighted by Crippen LogP contribution is -2.27. The number of nitrogens with zero attached hydrogens (tertiary/aromatic N) is 2. The molecule has 1 heterocycles. The first kappa shape index (κ1) is 14.2. The van der Waals surface area contributed by atoms with Crippen LogP contribution in [-0.4, -0.2) is 15.6 Å². The number of hydrogen-bond acceptors (Lipinski definition) is 2. The predicted octanol–water partition coefficient (Wildman–Crippen LogP) is 4.64. The number of imidazole rings is 1. The molecular formula is C18H25N3. The van der Waals surface area contributed by atoms with Crippen LogP contribution >= 0.6 is 0 Å². The summed E-state index contributed by atoms with van der Waals surface area (Å²) in [7, 11) is 0. The minimum absolute atomic E-state index is 0.572. The summed E-state index contributed by atoms with van der Waals surface area (Å²) in [5.74, 6) is 1.92. The molecule has 3 heteroatoms. The lowest BCUT2D eigenvalue weighted by molar-refractivity contribution is 0.318. The Bertz CT molecular complexity index is 539. The normalized spacial score (nSPS) is 22.1. The molecule has 0 saturated heterocycles. The van der Waals surface area contributed by atoms with Crippen LogP contribution in [0.15, 0.2) is 42.7 Å². The Balaban J connectivity index is 1.63. The molecule has 0 aliphatic heterocycles. The minimum atomic E-state index is 0.572. The van der Waals surface area contributed by atoms with E-state index >= 15 is 0 Å². The van der Waals surface area contributed by atoms with Crippen LogP contribution in [0.5, 0.6) is 0 Å². The van der Waals surface area contributed by atoms with Crippen LogP contribution in [0.4, 0.5) is 5.95 Å². The van der Waals surface area contributed by atoms with Crippen molar-refractivity contribution in [3.63, 3.8) is 0 Å². The molecule has 1 N–H and O–H groups in total. The van der Waals surface area contributed by atoms with Crippen molar-refractivity contribution in [2.24, 2.45) is 5.92 Å². The number of aromatic nitrogens is 2. The van der Waals surface area contributed by atoms with Crippen molar-refractivity contribution >= 4 is 5.95 Å². The third-order valence-electron chi connectivity index (χ3n) is 4.55. The summed E-state index contributed by atoms with van der Waals surface area (Å²) in [6.07, 6.45) is 11.9. The van der Waals surface area contributed by atoms with Crippen molar-refractivity contribution in [3.8, 4) is 5.69 Å². The Kier molecular flexibility index (Phi) is 4.59. The third-order valence-corrected chi connectivity index (χ3v) is 4.55. The molecule has 0 unspecified atom stereocenters.